The number of esters is 1. The van der Waals surface area contributed by atoms with Gasteiger partial charge in [-0.05, 0) is 68.1 Å². The molecule has 1 heterocycles. The van der Waals surface area contributed by atoms with Crippen molar-refractivity contribution in [1.82, 2.24) is 9.66 Å². The number of aromatic nitrogens is 2. The fourth-order valence-corrected chi connectivity index (χ4v) is 4.77. The number of rotatable bonds is 10. The lowest BCUT2D eigenvalue weighted by atomic mass is 9.96. The largest absolute Gasteiger partial charge is 0.494 e. The van der Waals surface area contributed by atoms with Gasteiger partial charge in [-0.3, -0.25) is 4.79 Å². The van der Waals surface area contributed by atoms with Crippen LogP contribution in [0.3, 0.4) is 0 Å². The zero-order chi connectivity index (χ0) is 30.6. The second-order valence-corrected chi connectivity index (χ2v) is 10.4. The molecular weight excluding hydrogens is 558 g/mol. The highest BCUT2D eigenvalue weighted by Gasteiger charge is 2.22. The van der Waals surface area contributed by atoms with E-state index in [4.69, 9.17) is 35.5 Å². The summed E-state index contributed by atoms with van der Waals surface area (Å²) in [6.07, 6.45) is 0.487. The Morgan fingerprint density at radius 1 is 1.10 bits per heavy atom. The smallest absolute Gasteiger partial charge is 0.346 e. The minimum atomic E-state index is -0.946. The maximum absolute atomic E-state index is 13.9. The molecule has 0 aliphatic rings. The van der Waals surface area contributed by atoms with Crippen LogP contribution >= 0.6 is 11.6 Å². The van der Waals surface area contributed by atoms with Crippen LogP contribution < -0.4 is 19.8 Å². The van der Waals surface area contributed by atoms with Gasteiger partial charge in [0, 0.05) is 22.2 Å². The first-order chi connectivity index (χ1) is 20.1. The van der Waals surface area contributed by atoms with Crippen LogP contribution in [-0.2, 0) is 9.53 Å². The van der Waals surface area contributed by atoms with E-state index >= 15 is 0 Å². The third-order valence-electron chi connectivity index (χ3n) is 6.68. The molecule has 4 aromatic rings. The van der Waals surface area contributed by atoms with E-state index in [1.54, 1.807) is 37.3 Å². The summed E-state index contributed by atoms with van der Waals surface area (Å²) in [6, 6.07) is 14.2. The number of halogens is 1. The quantitative estimate of drug-likeness (QED) is 0.156. The third-order valence-corrected chi connectivity index (χ3v) is 6.90. The second kappa shape index (κ2) is 13.1. The van der Waals surface area contributed by atoms with E-state index in [9.17, 15) is 9.59 Å². The molecule has 0 spiro atoms. The average Bonchev–Trinajstić information content (AvgIpc) is 2.97. The van der Waals surface area contributed by atoms with Crippen molar-refractivity contribution in [3.63, 3.8) is 0 Å². The Morgan fingerprint density at radius 2 is 1.83 bits per heavy atom. The molecule has 1 aromatic heterocycles. The molecule has 0 amide bonds. The number of hydrogen-bond acceptors (Lipinski definition) is 8. The maximum Gasteiger partial charge on any atom is 0.346 e. The molecule has 0 radical (unpaired) electrons. The second-order valence-electron chi connectivity index (χ2n) is 9.92. The van der Waals surface area contributed by atoms with Gasteiger partial charge < -0.3 is 18.9 Å². The number of hydrogen-bond donors (Lipinski definition) is 0. The highest BCUT2D eigenvalue weighted by atomic mass is 35.5. The molecule has 9 nitrogen and oxygen atoms in total. The molecule has 0 aliphatic carbocycles. The Morgan fingerprint density at radius 3 is 2.50 bits per heavy atom. The van der Waals surface area contributed by atoms with Crippen LogP contribution in [-0.4, -0.2) is 48.8 Å². The first-order valence-electron chi connectivity index (χ1n) is 13.5. The number of fused-ring (bicyclic) bond motifs is 1. The zero-order valence-corrected chi connectivity index (χ0v) is 25.5. The van der Waals surface area contributed by atoms with E-state index in [1.807, 2.05) is 32.0 Å². The first-order valence-corrected chi connectivity index (χ1v) is 13.9. The Balaban J connectivity index is 1.96. The number of ether oxygens (including phenoxy) is 4. The molecule has 10 heteroatoms. The normalized spacial score (nSPS) is 12.1. The van der Waals surface area contributed by atoms with Gasteiger partial charge >= 0.3 is 5.97 Å². The van der Waals surface area contributed by atoms with E-state index in [0.717, 1.165) is 22.4 Å². The van der Waals surface area contributed by atoms with Crippen molar-refractivity contribution in [2.24, 2.45) is 5.10 Å². The molecule has 0 N–H and O–H groups in total. The molecule has 220 valence electrons. The van der Waals surface area contributed by atoms with Gasteiger partial charge in [0.05, 0.1) is 37.9 Å². The number of methoxy groups -OCH3 is 2. The molecule has 0 saturated carbocycles. The average molecular weight is 592 g/mol. The van der Waals surface area contributed by atoms with E-state index in [0.29, 0.717) is 33.9 Å². The van der Waals surface area contributed by atoms with Gasteiger partial charge in [-0.2, -0.15) is 9.78 Å². The molecule has 0 fully saturated rings. The predicted molar refractivity (Wildman–Crippen MR) is 165 cm³/mol. The number of para-hydroxylation sites is 1. The van der Waals surface area contributed by atoms with Crippen LogP contribution in [0.5, 0.6) is 17.2 Å². The van der Waals surface area contributed by atoms with Crippen LogP contribution in [0.4, 0.5) is 0 Å². The Labute approximate surface area is 249 Å². The van der Waals surface area contributed by atoms with Crippen LogP contribution in [0, 0.1) is 6.92 Å². The fourth-order valence-electron chi connectivity index (χ4n) is 4.55. The molecule has 4 rings (SSSR count). The van der Waals surface area contributed by atoms with Gasteiger partial charge in [0.25, 0.3) is 5.56 Å². The lowest BCUT2D eigenvalue weighted by Gasteiger charge is -2.19. The molecular formula is C32H34ClN3O6. The number of nitrogens with zero attached hydrogens (tertiary/aromatic N) is 3. The summed E-state index contributed by atoms with van der Waals surface area (Å²) in [4.78, 5) is 30.8. The summed E-state index contributed by atoms with van der Waals surface area (Å²) >= 11 is 6.37. The molecule has 3 aromatic carbocycles. The van der Waals surface area contributed by atoms with Crippen LogP contribution in [0.15, 0.2) is 58.4 Å². The van der Waals surface area contributed by atoms with Crippen molar-refractivity contribution in [2.75, 3.05) is 20.8 Å². The Hall–Kier alpha value is -4.37. The third kappa shape index (κ3) is 6.26. The lowest BCUT2D eigenvalue weighted by Crippen LogP contribution is -2.25. The standard InChI is InChI=1S/C32H34ClN3O6/c1-8-41-27-13-19(4)25(16-24(27)18(2)3)30-35-26-12-10-9-11-23(26)31(37)36(30)34-17-21-14-22(33)15-28(39-6)29(21)42-20(5)32(38)40-7/h9-18,20H,8H2,1-7H3/t20-/m0/s1. The first kappa shape index (κ1) is 30.6. The van der Waals surface area contributed by atoms with Crippen LogP contribution in [0.1, 0.15) is 50.3 Å². The summed E-state index contributed by atoms with van der Waals surface area (Å²) in [6.45, 7) is 10.1. The van der Waals surface area contributed by atoms with Gasteiger partial charge in [0.15, 0.2) is 23.4 Å². The summed E-state index contributed by atoms with van der Waals surface area (Å²) < 4.78 is 23.4. The van der Waals surface area contributed by atoms with Crippen molar-refractivity contribution in [1.29, 1.82) is 0 Å². The van der Waals surface area contributed by atoms with E-state index in [1.165, 1.54) is 25.1 Å². The van der Waals surface area contributed by atoms with Gasteiger partial charge in [0.2, 0.25) is 0 Å². The fraction of sp³-hybridized carbons (Fsp3) is 0.312. The zero-order valence-electron chi connectivity index (χ0n) is 24.7. The SMILES string of the molecule is CCOc1cc(C)c(-c2nc3ccccc3c(=O)n2N=Cc2cc(Cl)cc(OC)c2O[C@@H](C)C(=O)OC)cc1C(C)C. The summed E-state index contributed by atoms with van der Waals surface area (Å²) in [5, 5.41) is 5.36. The predicted octanol–water partition coefficient (Wildman–Crippen LogP) is 6.38. The van der Waals surface area contributed by atoms with E-state index in [2.05, 4.69) is 18.9 Å². The molecule has 1 atom stereocenters. The number of aryl methyl sites for hydroxylation is 1. The van der Waals surface area contributed by atoms with Crippen molar-refractivity contribution >= 4 is 34.7 Å². The van der Waals surface area contributed by atoms with Crippen molar-refractivity contribution < 1.29 is 23.7 Å². The van der Waals surface area contributed by atoms with E-state index < -0.39 is 12.1 Å². The van der Waals surface area contributed by atoms with Gasteiger partial charge in [-0.1, -0.05) is 37.6 Å². The number of carbonyl (C=O) groups is 1. The number of benzene rings is 3. The molecule has 0 unspecified atom stereocenters. The van der Waals surface area contributed by atoms with Crippen molar-refractivity contribution in [2.45, 2.75) is 46.6 Å². The Bertz CT molecular complexity index is 1710. The molecule has 0 aliphatic heterocycles. The molecule has 0 bridgehead atoms. The maximum atomic E-state index is 13.9. The van der Waals surface area contributed by atoms with E-state index in [-0.39, 0.29) is 23.0 Å². The Kier molecular flexibility index (Phi) is 9.52. The number of carbonyl (C=O) groups excluding carboxylic acids is 1. The molecule has 0 saturated heterocycles. The molecule has 42 heavy (non-hydrogen) atoms. The van der Waals surface area contributed by atoms with Gasteiger partial charge in [0.1, 0.15) is 5.75 Å². The van der Waals surface area contributed by atoms with Gasteiger partial charge in [-0.25, -0.2) is 9.78 Å². The highest BCUT2D eigenvalue weighted by molar-refractivity contribution is 6.31. The highest BCUT2D eigenvalue weighted by Crippen LogP contribution is 2.36. The minimum Gasteiger partial charge on any atom is -0.494 e. The summed E-state index contributed by atoms with van der Waals surface area (Å²) in [5.41, 5.74) is 3.17. The monoisotopic (exact) mass is 591 g/mol. The topological polar surface area (TPSA) is 101 Å². The lowest BCUT2D eigenvalue weighted by molar-refractivity contribution is -0.147. The minimum absolute atomic E-state index is 0.158. The van der Waals surface area contributed by atoms with Crippen molar-refractivity contribution in [3.05, 3.63) is 80.6 Å². The van der Waals surface area contributed by atoms with Crippen LogP contribution in [0.25, 0.3) is 22.3 Å². The van der Waals surface area contributed by atoms with Crippen molar-refractivity contribution in [3.8, 4) is 28.6 Å². The van der Waals surface area contributed by atoms with Crippen LogP contribution in [0.2, 0.25) is 5.02 Å². The summed E-state index contributed by atoms with van der Waals surface area (Å²) in [7, 11) is 2.73. The summed E-state index contributed by atoms with van der Waals surface area (Å²) in [5.74, 6) is 1.24. The van der Waals surface area contributed by atoms with Gasteiger partial charge in [-0.15, -0.1) is 0 Å².